The highest BCUT2D eigenvalue weighted by Crippen LogP contribution is 2.24. The van der Waals surface area contributed by atoms with Crippen LogP contribution in [0.5, 0.6) is 0 Å². The van der Waals surface area contributed by atoms with E-state index < -0.39 is 0 Å². The normalized spacial score (nSPS) is 10.4. The van der Waals surface area contributed by atoms with E-state index in [9.17, 15) is 9.59 Å². The molecule has 0 bridgehead atoms. The second-order valence-corrected chi connectivity index (χ2v) is 4.74. The first kappa shape index (κ1) is 16.2. The molecule has 0 fully saturated rings. The maximum Gasteiger partial charge on any atom is 0.338 e. The summed E-state index contributed by atoms with van der Waals surface area (Å²) in [7, 11) is 0. The monoisotopic (exact) mass is 278 g/mol. The van der Waals surface area contributed by atoms with Crippen molar-refractivity contribution in [2.75, 3.05) is 13.2 Å². The van der Waals surface area contributed by atoms with Gasteiger partial charge in [-0.05, 0) is 30.9 Å². The number of carbonyl (C=O) groups is 2. The third-order valence-corrected chi connectivity index (χ3v) is 2.92. The molecule has 0 radical (unpaired) electrons. The summed E-state index contributed by atoms with van der Waals surface area (Å²) in [5.41, 5.74) is 2.05. The number of benzene rings is 1. The maximum atomic E-state index is 12.2. The van der Waals surface area contributed by atoms with Gasteiger partial charge in [0.15, 0.2) is 0 Å². The Bertz CT molecular complexity index is 477. The van der Waals surface area contributed by atoms with E-state index in [-0.39, 0.29) is 24.3 Å². The highest BCUT2D eigenvalue weighted by atomic mass is 16.5. The average Bonchev–Trinajstić information content (AvgIpc) is 2.38. The lowest BCUT2D eigenvalue weighted by Gasteiger charge is -2.15. The SMILES string of the molecule is CCOC(=O)Cc1cccc(C(C)C)c1C(=O)OCC. The van der Waals surface area contributed by atoms with Gasteiger partial charge in [-0.3, -0.25) is 4.79 Å². The number of rotatable bonds is 6. The Morgan fingerprint density at radius 2 is 1.75 bits per heavy atom. The number of esters is 2. The molecule has 0 amide bonds. The van der Waals surface area contributed by atoms with Gasteiger partial charge in [-0.15, -0.1) is 0 Å². The third-order valence-electron chi connectivity index (χ3n) is 2.92. The van der Waals surface area contributed by atoms with Crippen LogP contribution in [-0.4, -0.2) is 25.2 Å². The first-order chi connectivity index (χ1) is 9.51. The fraction of sp³-hybridized carbons (Fsp3) is 0.500. The number of carbonyl (C=O) groups excluding carboxylic acids is 2. The van der Waals surface area contributed by atoms with Crippen molar-refractivity contribution in [1.29, 1.82) is 0 Å². The second kappa shape index (κ2) is 7.68. The van der Waals surface area contributed by atoms with Gasteiger partial charge in [0.05, 0.1) is 25.2 Å². The van der Waals surface area contributed by atoms with E-state index in [0.717, 1.165) is 5.56 Å². The molecule has 1 rings (SSSR count). The van der Waals surface area contributed by atoms with Crippen LogP contribution in [0.1, 0.15) is 55.1 Å². The van der Waals surface area contributed by atoms with Crippen LogP contribution in [0, 0.1) is 0 Å². The molecule has 4 heteroatoms. The highest BCUT2D eigenvalue weighted by molar-refractivity contribution is 5.94. The van der Waals surface area contributed by atoms with Gasteiger partial charge in [0, 0.05) is 0 Å². The van der Waals surface area contributed by atoms with Crippen molar-refractivity contribution in [2.24, 2.45) is 0 Å². The fourth-order valence-corrected chi connectivity index (χ4v) is 2.07. The van der Waals surface area contributed by atoms with E-state index in [1.165, 1.54) is 0 Å². The molecule has 1 aromatic rings. The molecule has 0 aliphatic heterocycles. The van der Waals surface area contributed by atoms with Gasteiger partial charge in [0.1, 0.15) is 0 Å². The van der Waals surface area contributed by atoms with Crippen LogP contribution >= 0.6 is 0 Å². The van der Waals surface area contributed by atoms with E-state index >= 15 is 0 Å². The van der Waals surface area contributed by atoms with Crippen molar-refractivity contribution >= 4 is 11.9 Å². The van der Waals surface area contributed by atoms with Crippen molar-refractivity contribution in [3.8, 4) is 0 Å². The zero-order chi connectivity index (χ0) is 15.1. The molecule has 0 atom stereocenters. The van der Waals surface area contributed by atoms with Gasteiger partial charge >= 0.3 is 11.9 Å². The van der Waals surface area contributed by atoms with E-state index in [1.807, 2.05) is 26.0 Å². The van der Waals surface area contributed by atoms with Gasteiger partial charge in [-0.1, -0.05) is 32.0 Å². The Hall–Kier alpha value is -1.84. The van der Waals surface area contributed by atoms with Crippen molar-refractivity contribution in [3.05, 3.63) is 34.9 Å². The van der Waals surface area contributed by atoms with Gasteiger partial charge in [0.25, 0.3) is 0 Å². The molecule has 0 heterocycles. The molecule has 1 aromatic carbocycles. The van der Waals surface area contributed by atoms with Gasteiger partial charge in [-0.25, -0.2) is 4.79 Å². The Morgan fingerprint density at radius 3 is 2.30 bits per heavy atom. The summed E-state index contributed by atoms with van der Waals surface area (Å²) in [5.74, 6) is -0.536. The summed E-state index contributed by atoms with van der Waals surface area (Å²) >= 11 is 0. The topological polar surface area (TPSA) is 52.6 Å². The van der Waals surface area contributed by atoms with Gasteiger partial charge < -0.3 is 9.47 Å². The van der Waals surface area contributed by atoms with E-state index in [4.69, 9.17) is 9.47 Å². The second-order valence-electron chi connectivity index (χ2n) is 4.74. The standard InChI is InChI=1S/C16H22O4/c1-5-19-14(17)10-12-8-7-9-13(11(3)4)15(12)16(18)20-6-2/h7-9,11H,5-6,10H2,1-4H3. The maximum absolute atomic E-state index is 12.2. The van der Waals surface area contributed by atoms with E-state index in [1.54, 1.807) is 19.9 Å². The predicted octanol–water partition coefficient (Wildman–Crippen LogP) is 3.09. The molecule has 0 aromatic heterocycles. The van der Waals surface area contributed by atoms with Crippen molar-refractivity contribution in [1.82, 2.24) is 0 Å². The lowest BCUT2D eigenvalue weighted by molar-refractivity contribution is -0.142. The lowest BCUT2D eigenvalue weighted by atomic mass is 9.92. The number of hydrogen-bond donors (Lipinski definition) is 0. The van der Waals surface area contributed by atoms with Crippen LogP contribution in [0.4, 0.5) is 0 Å². The molecular weight excluding hydrogens is 256 g/mol. The molecule has 110 valence electrons. The van der Waals surface area contributed by atoms with Crippen LogP contribution in [0.3, 0.4) is 0 Å². The highest BCUT2D eigenvalue weighted by Gasteiger charge is 2.20. The Labute approximate surface area is 120 Å². The Kier molecular flexibility index (Phi) is 6.22. The zero-order valence-electron chi connectivity index (χ0n) is 12.6. The molecule has 0 saturated heterocycles. The summed E-state index contributed by atoms with van der Waals surface area (Å²) in [6.07, 6.45) is 0.0859. The summed E-state index contributed by atoms with van der Waals surface area (Å²) in [6.45, 7) is 8.18. The third kappa shape index (κ3) is 4.08. The first-order valence-electron chi connectivity index (χ1n) is 6.95. The zero-order valence-corrected chi connectivity index (χ0v) is 12.6. The van der Waals surface area contributed by atoms with E-state index in [0.29, 0.717) is 24.3 Å². The minimum Gasteiger partial charge on any atom is -0.466 e. The summed E-state index contributed by atoms with van der Waals surface area (Å²) in [5, 5.41) is 0. The molecule has 0 unspecified atom stereocenters. The van der Waals surface area contributed by atoms with Crippen molar-refractivity contribution in [3.63, 3.8) is 0 Å². The Balaban J connectivity index is 3.18. The van der Waals surface area contributed by atoms with E-state index in [2.05, 4.69) is 0 Å². The fourth-order valence-electron chi connectivity index (χ4n) is 2.07. The molecule has 0 saturated carbocycles. The summed E-state index contributed by atoms with van der Waals surface area (Å²) in [4.78, 5) is 23.8. The average molecular weight is 278 g/mol. The molecule has 20 heavy (non-hydrogen) atoms. The van der Waals surface area contributed by atoms with Crippen LogP contribution < -0.4 is 0 Å². The lowest BCUT2D eigenvalue weighted by Crippen LogP contribution is -2.16. The van der Waals surface area contributed by atoms with Crippen LogP contribution in [-0.2, 0) is 20.7 Å². The van der Waals surface area contributed by atoms with Crippen molar-refractivity contribution < 1.29 is 19.1 Å². The molecule has 4 nitrogen and oxygen atoms in total. The summed E-state index contributed by atoms with van der Waals surface area (Å²) < 4.78 is 10.1. The summed E-state index contributed by atoms with van der Waals surface area (Å²) in [6, 6.07) is 5.52. The first-order valence-corrected chi connectivity index (χ1v) is 6.95. The smallest absolute Gasteiger partial charge is 0.338 e. The van der Waals surface area contributed by atoms with Crippen LogP contribution in [0.25, 0.3) is 0 Å². The minimum absolute atomic E-state index is 0.0859. The van der Waals surface area contributed by atoms with Crippen LogP contribution in [0.15, 0.2) is 18.2 Å². The minimum atomic E-state index is -0.379. The molecular formula is C16H22O4. The van der Waals surface area contributed by atoms with Crippen molar-refractivity contribution in [2.45, 2.75) is 40.0 Å². The quantitative estimate of drug-likeness (QED) is 0.750. The van der Waals surface area contributed by atoms with Crippen LogP contribution in [0.2, 0.25) is 0 Å². The Morgan fingerprint density at radius 1 is 1.10 bits per heavy atom. The molecule has 0 aliphatic rings. The number of ether oxygens (including phenoxy) is 2. The number of hydrogen-bond acceptors (Lipinski definition) is 4. The van der Waals surface area contributed by atoms with Gasteiger partial charge in [-0.2, -0.15) is 0 Å². The molecule has 0 spiro atoms. The predicted molar refractivity (Wildman–Crippen MR) is 76.8 cm³/mol. The molecule has 0 N–H and O–H groups in total. The largest absolute Gasteiger partial charge is 0.466 e. The molecule has 0 aliphatic carbocycles. The van der Waals surface area contributed by atoms with Gasteiger partial charge in [0.2, 0.25) is 0 Å².